The molecule has 0 fully saturated rings. The normalized spacial score (nSPS) is 25.4. The molecule has 8 heavy (non-hydrogen) atoms. The van der Waals surface area contributed by atoms with Gasteiger partial charge in [0.25, 0.3) is 0 Å². The van der Waals surface area contributed by atoms with Crippen LogP contribution in [0.3, 0.4) is 0 Å². The van der Waals surface area contributed by atoms with Crippen LogP contribution in [-0.4, -0.2) is 15.0 Å². The molecule has 1 rings (SSSR count). The van der Waals surface area contributed by atoms with E-state index in [-0.39, 0.29) is 0 Å². The Kier molecular flexibility index (Phi) is 1.13. The number of rotatable bonds is 0. The Morgan fingerprint density at radius 3 is 2.50 bits per heavy atom. The number of hydrogen-bond donors (Lipinski definition) is 1. The van der Waals surface area contributed by atoms with Gasteiger partial charge in [0.2, 0.25) is 10.0 Å². The van der Waals surface area contributed by atoms with E-state index in [9.17, 15) is 8.42 Å². The zero-order chi connectivity index (χ0) is 6.20. The van der Waals surface area contributed by atoms with Crippen molar-refractivity contribution >= 4 is 10.0 Å². The fourth-order valence-electron chi connectivity index (χ4n) is 0.563. The zero-order valence-electron chi connectivity index (χ0n) is 4.51. The molecule has 0 aromatic heterocycles. The number of sulfonamides is 1. The molecule has 46 valence electrons. The highest BCUT2D eigenvalue weighted by molar-refractivity contribution is 7.92. The van der Waals surface area contributed by atoms with Crippen molar-refractivity contribution in [3.8, 4) is 0 Å². The van der Waals surface area contributed by atoms with Gasteiger partial charge in [-0.25, -0.2) is 13.1 Å². The molecule has 0 saturated carbocycles. The average Bonchev–Trinajstić information content (AvgIpc) is 1.82. The van der Waals surface area contributed by atoms with Crippen LogP contribution in [0.25, 0.3) is 0 Å². The zero-order valence-corrected chi connectivity index (χ0v) is 5.33. The van der Waals surface area contributed by atoms with Crippen molar-refractivity contribution in [2.24, 2.45) is 0 Å². The predicted molar refractivity (Wildman–Crippen MR) is 30.7 cm³/mol. The second kappa shape index (κ2) is 1.56. The van der Waals surface area contributed by atoms with Gasteiger partial charge in [0.1, 0.15) is 0 Å². The van der Waals surface area contributed by atoms with E-state index in [0.29, 0.717) is 6.54 Å². The summed E-state index contributed by atoms with van der Waals surface area (Å²) in [6.07, 6.45) is 0. The van der Waals surface area contributed by atoms with Crippen molar-refractivity contribution in [2.75, 3.05) is 6.54 Å². The third-order valence-electron chi connectivity index (χ3n) is 0.909. The summed E-state index contributed by atoms with van der Waals surface area (Å²) in [5.41, 5.74) is 0.866. The maximum atomic E-state index is 10.5. The quantitative estimate of drug-likeness (QED) is 0.498. The lowest BCUT2D eigenvalue weighted by atomic mass is 10.4. The molecule has 0 aromatic carbocycles. The van der Waals surface area contributed by atoms with Crippen LogP contribution in [0.4, 0.5) is 0 Å². The summed E-state index contributed by atoms with van der Waals surface area (Å²) >= 11 is 0. The topological polar surface area (TPSA) is 46.2 Å². The Hall–Kier alpha value is -0.350. The summed E-state index contributed by atoms with van der Waals surface area (Å²) in [5.74, 6) is 0. The highest BCUT2D eigenvalue weighted by Gasteiger charge is 2.12. The molecule has 4 heteroatoms. The molecule has 0 aliphatic carbocycles. The second-order valence-electron chi connectivity index (χ2n) is 1.83. The Balaban J connectivity index is 3.00. The fourth-order valence-corrected chi connectivity index (χ4v) is 1.69. The van der Waals surface area contributed by atoms with Crippen LogP contribution in [0.2, 0.25) is 0 Å². The number of hydrogen-bond acceptors (Lipinski definition) is 2. The molecule has 1 aliphatic heterocycles. The van der Waals surface area contributed by atoms with Crippen LogP contribution in [0, 0.1) is 0 Å². The highest BCUT2D eigenvalue weighted by Crippen LogP contribution is 2.03. The number of nitrogens with one attached hydrogen (secondary N) is 1. The average molecular weight is 133 g/mol. The van der Waals surface area contributed by atoms with Crippen molar-refractivity contribution in [1.82, 2.24) is 4.72 Å². The minimum atomic E-state index is -3.01. The lowest BCUT2D eigenvalue weighted by Gasteiger charge is -1.85. The first-order chi connectivity index (χ1) is 3.60. The standard InChI is InChI=1S/C4H7NO2S/c1-4-2-5-8(6,7)3-4/h3,5H,2H2,1H3. The fraction of sp³-hybridized carbons (Fsp3) is 0.500. The summed E-state index contributed by atoms with van der Waals surface area (Å²) < 4.78 is 23.2. The van der Waals surface area contributed by atoms with E-state index in [1.165, 1.54) is 5.41 Å². The largest absolute Gasteiger partial charge is 0.233 e. The van der Waals surface area contributed by atoms with Crippen molar-refractivity contribution in [1.29, 1.82) is 0 Å². The monoisotopic (exact) mass is 133 g/mol. The van der Waals surface area contributed by atoms with Crippen LogP contribution in [0.15, 0.2) is 11.0 Å². The van der Waals surface area contributed by atoms with Gasteiger partial charge in [-0.15, -0.1) is 0 Å². The van der Waals surface area contributed by atoms with Crippen LogP contribution in [0.5, 0.6) is 0 Å². The third kappa shape index (κ3) is 1.08. The van der Waals surface area contributed by atoms with Crippen LogP contribution < -0.4 is 4.72 Å². The lowest BCUT2D eigenvalue weighted by Crippen LogP contribution is -2.15. The SMILES string of the molecule is CC1=CS(=O)(=O)NC1. The van der Waals surface area contributed by atoms with E-state index in [2.05, 4.69) is 4.72 Å². The van der Waals surface area contributed by atoms with E-state index in [1.807, 2.05) is 0 Å². The van der Waals surface area contributed by atoms with Crippen molar-refractivity contribution in [3.63, 3.8) is 0 Å². The summed E-state index contributed by atoms with van der Waals surface area (Å²) in [6, 6.07) is 0. The van der Waals surface area contributed by atoms with Crippen LogP contribution in [0.1, 0.15) is 6.92 Å². The Labute approximate surface area is 48.4 Å². The van der Waals surface area contributed by atoms with Gasteiger partial charge in [-0.1, -0.05) is 0 Å². The minimum Gasteiger partial charge on any atom is -0.208 e. The first-order valence-electron chi connectivity index (χ1n) is 2.27. The van der Waals surface area contributed by atoms with Gasteiger partial charge in [-0.3, -0.25) is 0 Å². The Morgan fingerprint density at radius 1 is 1.75 bits per heavy atom. The molecule has 0 radical (unpaired) electrons. The molecule has 3 nitrogen and oxygen atoms in total. The van der Waals surface area contributed by atoms with Gasteiger partial charge >= 0.3 is 0 Å². The van der Waals surface area contributed by atoms with E-state index < -0.39 is 10.0 Å². The summed E-state index contributed by atoms with van der Waals surface area (Å²) in [5, 5.41) is 1.24. The summed E-state index contributed by atoms with van der Waals surface area (Å²) in [6.45, 7) is 2.25. The summed E-state index contributed by atoms with van der Waals surface area (Å²) in [4.78, 5) is 0. The van der Waals surface area contributed by atoms with Gasteiger partial charge in [0.15, 0.2) is 0 Å². The minimum absolute atomic E-state index is 0.475. The smallest absolute Gasteiger partial charge is 0.208 e. The van der Waals surface area contributed by atoms with Gasteiger partial charge in [0.05, 0.1) is 0 Å². The van der Waals surface area contributed by atoms with Gasteiger partial charge in [0, 0.05) is 12.0 Å². The van der Waals surface area contributed by atoms with Crippen molar-refractivity contribution in [3.05, 3.63) is 11.0 Å². The predicted octanol–water partition coefficient (Wildman–Crippen LogP) is -0.177. The summed E-state index contributed by atoms with van der Waals surface area (Å²) in [7, 11) is -3.01. The first-order valence-corrected chi connectivity index (χ1v) is 3.82. The highest BCUT2D eigenvalue weighted by atomic mass is 32.2. The second-order valence-corrected chi connectivity index (χ2v) is 3.44. The molecule has 0 bridgehead atoms. The van der Waals surface area contributed by atoms with Gasteiger partial charge < -0.3 is 0 Å². The Bertz CT molecular complexity index is 214. The lowest BCUT2D eigenvalue weighted by molar-refractivity contribution is 0.597. The molecule has 0 atom stereocenters. The molecular formula is C4H7NO2S. The molecular weight excluding hydrogens is 126 g/mol. The van der Waals surface area contributed by atoms with Gasteiger partial charge in [-0.05, 0) is 12.5 Å². The molecule has 1 aliphatic rings. The molecule has 0 saturated heterocycles. The van der Waals surface area contributed by atoms with E-state index in [1.54, 1.807) is 6.92 Å². The molecule has 0 amide bonds. The van der Waals surface area contributed by atoms with Crippen molar-refractivity contribution in [2.45, 2.75) is 6.92 Å². The van der Waals surface area contributed by atoms with Crippen LogP contribution in [-0.2, 0) is 10.0 Å². The van der Waals surface area contributed by atoms with Crippen molar-refractivity contribution < 1.29 is 8.42 Å². The van der Waals surface area contributed by atoms with E-state index in [0.717, 1.165) is 5.57 Å². The first kappa shape index (κ1) is 5.78. The molecule has 0 unspecified atom stereocenters. The van der Waals surface area contributed by atoms with Crippen LogP contribution >= 0.6 is 0 Å². The third-order valence-corrected chi connectivity index (χ3v) is 2.17. The molecule has 0 aromatic rings. The Morgan fingerprint density at radius 2 is 2.38 bits per heavy atom. The maximum Gasteiger partial charge on any atom is 0.233 e. The maximum absolute atomic E-state index is 10.5. The van der Waals surface area contributed by atoms with Gasteiger partial charge in [-0.2, -0.15) is 0 Å². The molecule has 1 N–H and O–H groups in total. The van der Waals surface area contributed by atoms with E-state index >= 15 is 0 Å². The molecule has 0 spiro atoms. The van der Waals surface area contributed by atoms with E-state index in [4.69, 9.17) is 0 Å². The molecule has 1 heterocycles.